The van der Waals surface area contributed by atoms with Gasteiger partial charge >= 0.3 is 0 Å². The Morgan fingerprint density at radius 2 is 1.52 bits per heavy atom. The molecular formula is C26H29NO2. The smallest absolute Gasteiger partial charge is 0.115 e. The minimum Gasteiger partial charge on any atom is -0.508 e. The summed E-state index contributed by atoms with van der Waals surface area (Å²) in [7, 11) is 1.71. The number of anilines is 1. The van der Waals surface area contributed by atoms with Crippen molar-refractivity contribution < 1.29 is 9.84 Å². The minimum atomic E-state index is 0.302. The SMILES string of the molecule is CCC(Cc1ccc(O)cc1)=C(c1ccccc1)c1ccc(NCCOC)cc1. The summed E-state index contributed by atoms with van der Waals surface area (Å²) in [6, 6.07) is 26.7. The number of benzene rings is 3. The van der Waals surface area contributed by atoms with Crippen molar-refractivity contribution in [3.05, 3.63) is 101 Å². The van der Waals surface area contributed by atoms with Crippen LogP contribution in [0.4, 0.5) is 5.69 Å². The van der Waals surface area contributed by atoms with Crippen molar-refractivity contribution in [3.63, 3.8) is 0 Å². The third-order valence-electron chi connectivity index (χ3n) is 5.01. The van der Waals surface area contributed by atoms with Crippen LogP contribution < -0.4 is 5.32 Å². The van der Waals surface area contributed by atoms with Gasteiger partial charge in [-0.25, -0.2) is 0 Å². The molecule has 0 aromatic heterocycles. The van der Waals surface area contributed by atoms with Gasteiger partial charge in [-0.3, -0.25) is 0 Å². The van der Waals surface area contributed by atoms with Gasteiger partial charge in [0.2, 0.25) is 0 Å². The lowest BCUT2D eigenvalue weighted by atomic mass is 9.88. The lowest BCUT2D eigenvalue weighted by Crippen LogP contribution is -2.07. The Labute approximate surface area is 173 Å². The van der Waals surface area contributed by atoms with E-state index in [4.69, 9.17) is 4.74 Å². The van der Waals surface area contributed by atoms with Crippen molar-refractivity contribution in [2.45, 2.75) is 19.8 Å². The molecule has 3 heteroatoms. The maximum Gasteiger partial charge on any atom is 0.115 e. The highest BCUT2D eigenvalue weighted by atomic mass is 16.5. The molecule has 3 nitrogen and oxygen atoms in total. The zero-order valence-electron chi connectivity index (χ0n) is 17.2. The van der Waals surface area contributed by atoms with Gasteiger partial charge in [-0.05, 0) is 59.4 Å². The standard InChI is InChI=1S/C26H29NO2/c1-3-21(19-20-9-15-25(28)16-10-20)26(22-7-5-4-6-8-22)23-11-13-24(14-12-23)27-17-18-29-2/h4-16,27-28H,3,17-19H2,1-2H3. The Bertz CT molecular complexity index is 913. The zero-order valence-corrected chi connectivity index (χ0v) is 17.2. The molecule has 0 bridgehead atoms. The van der Waals surface area contributed by atoms with Gasteiger partial charge in [-0.15, -0.1) is 0 Å². The van der Waals surface area contributed by atoms with E-state index >= 15 is 0 Å². The van der Waals surface area contributed by atoms with Crippen LogP contribution in [0.1, 0.15) is 30.0 Å². The van der Waals surface area contributed by atoms with E-state index in [0.717, 1.165) is 25.1 Å². The van der Waals surface area contributed by atoms with E-state index < -0.39 is 0 Å². The Balaban J connectivity index is 1.97. The largest absolute Gasteiger partial charge is 0.508 e. The summed E-state index contributed by atoms with van der Waals surface area (Å²) in [6.45, 7) is 3.68. The minimum absolute atomic E-state index is 0.302. The van der Waals surface area contributed by atoms with Crippen molar-refractivity contribution in [1.82, 2.24) is 0 Å². The van der Waals surface area contributed by atoms with Crippen LogP contribution in [0.2, 0.25) is 0 Å². The number of nitrogens with one attached hydrogen (secondary N) is 1. The second kappa shape index (κ2) is 10.5. The fourth-order valence-electron chi connectivity index (χ4n) is 3.48. The summed E-state index contributed by atoms with van der Waals surface area (Å²) in [4.78, 5) is 0. The molecule has 0 aliphatic heterocycles. The first-order chi connectivity index (χ1) is 14.2. The molecule has 3 rings (SSSR count). The highest BCUT2D eigenvalue weighted by molar-refractivity contribution is 5.83. The number of aromatic hydroxyl groups is 1. The molecule has 150 valence electrons. The molecule has 0 unspecified atom stereocenters. The van der Waals surface area contributed by atoms with Crippen LogP contribution >= 0.6 is 0 Å². The molecule has 0 atom stereocenters. The van der Waals surface area contributed by atoms with Gasteiger partial charge in [0, 0.05) is 19.3 Å². The third-order valence-corrected chi connectivity index (χ3v) is 5.01. The van der Waals surface area contributed by atoms with E-state index in [-0.39, 0.29) is 0 Å². The maximum absolute atomic E-state index is 9.59. The first-order valence-corrected chi connectivity index (χ1v) is 10.1. The number of phenolic OH excluding ortho intramolecular Hbond substituents is 1. The predicted molar refractivity (Wildman–Crippen MR) is 121 cm³/mol. The molecule has 0 amide bonds. The van der Waals surface area contributed by atoms with Crippen LogP contribution in [0.5, 0.6) is 5.75 Å². The molecule has 3 aromatic carbocycles. The lowest BCUT2D eigenvalue weighted by Gasteiger charge is -2.17. The molecule has 0 fully saturated rings. The molecule has 0 radical (unpaired) electrons. The van der Waals surface area contributed by atoms with Crippen molar-refractivity contribution >= 4 is 11.3 Å². The molecule has 2 N–H and O–H groups in total. The van der Waals surface area contributed by atoms with Gasteiger partial charge in [0.1, 0.15) is 5.75 Å². The van der Waals surface area contributed by atoms with E-state index in [0.29, 0.717) is 12.4 Å². The van der Waals surface area contributed by atoms with Gasteiger partial charge in [-0.2, -0.15) is 0 Å². The van der Waals surface area contributed by atoms with Crippen LogP contribution in [0.25, 0.3) is 5.57 Å². The van der Waals surface area contributed by atoms with Crippen molar-refractivity contribution in [1.29, 1.82) is 0 Å². The summed E-state index contributed by atoms with van der Waals surface area (Å²) in [5.74, 6) is 0.302. The quantitative estimate of drug-likeness (QED) is 0.449. The van der Waals surface area contributed by atoms with E-state index in [1.165, 1.54) is 27.8 Å². The number of hydrogen-bond acceptors (Lipinski definition) is 3. The molecule has 0 spiro atoms. The van der Waals surface area contributed by atoms with Crippen molar-refractivity contribution in [2.24, 2.45) is 0 Å². The zero-order chi connectivity index (χ0) is 20.5. The molecule has 29 heavy (non-hydrogen) atoms. The normalized spacial score (nSPS) is 11.8. The second-order valence-electron chi connectivity index (χ2n) is 7.04. The summed E-state index contributed by atoms with van der Waals surface area (Å²) < 4.78 is 5.11. The fourth-order valence-corrected chi connectivity index (χ4v) is 3.48. The molecule has 0 heterocycles. The molecule has 0 aliphatic rings. The van der Waals surface area contributed by atoms with E-state index in [9.17, 15) is 5.11 Å². The van der Waals surface area contributed by atoms with Gasteiger partial charge in [-0.1, -0.05) is 67.1 Å². The second-order valence-corrected chi connectivity index (χ2v) is 7.04. The number of ether oxygens (including phenoxy) is 1. The Morgan fingerprint density at radius 1 is 0.862 bits per heavy atom. The van der Waals surface area contributed by atoms with Crippen LogP contribution in [0, 0.1) is 0 Å². The average Bonchev–Trinajstić information content (AvgIpc) is 2.76. The van der Waals surface area contributed by atoms with Crippen molar-refractivity contribution in [2.75, 3.05) is 25.6 Å². The Hall–Kier alpha value is -3.04. The monoisotopic (exact) mass is 387 g/mol. The lowest BCUT2D eigenvalue weighted by molar-refractivity contribution is 0.211. The summed E-state index contributed by atoms with van der Waals surface area (Å²) >= 11 is 0. The first kappa shape index (κ1) is 20.7. The predicted octanol–water partition coefficient (Wildman–Crippen LogP) is 5.91. The summed E-state index contributed by atoms with van der Waals surface area (Å²) in [5, 5.41) is 13.0. The van der Waals surface area contributed by atoms with E-state index in [1.54, 1.807) is 19.2 Å². The number of phenols is 1. The Kier molecular flexibility index (Phi) is 7.48. The van der Waals surface area contributed by atoms with Crippen LogP contribution in [-0.4, -0.2) is 25.4 Å². The first-order valence-electron chi connectivity index (χ1n) is 10.1. The number of allylic oxidation sites excluding steroid dienone is 1. The van der Waals surface area contributed by atoms with Crippen molar-refractivity contribution in [3.8, 4) is 5.75 Å². The molecule has 0 aliphatic carbocycles. The number of hydrogen-bond donors (Lipinski definition) is 2. The number of rotatable bonds is 9. The summed E-state index contributed by atoms with van der Waals surface area (Å²) in [5.41, 5.74) is 7.39. The Morgan fingerprint density at radius 3 is 2.14 bits per heavy atom. The topological polar surface area (TPSA) is 41.5 Å². The van der Waals surface area contributed by atoms with E-state index in [2.05, 4.69) is 66.8 Å². The average molecular weight is 388 g/mol. The summed E-state index contributed by atoms with van der Waals surface area (Å²) in [6.07, 6.45) is 1.81. The maximum atomic E-state index is 9.59. The van der Waals surface area contributed by atoms with Crippen LogP contribution in [0.3, 0.4) is 0 Å². The van der Waals surface area contributed by atoms with Gasteiger partial charge in [0.15, 0.2) is 0 Å². The van der Waals surface area contributed by atoms with Gasteiger partial charge < -0.3 is 15.2 Å². The van der Waals surface area contributed by atoms with Crippen LogP contribution in [-0.2, 0) is 11.2 Å². The molecule has 0 saturated carbocycles. The third kappa shape index (κ3) is 5.72. The molecular weight excluding hydrogens is 358 g/mol. The van der Waals surface area contributed by atoms with E-state index in [1.807, 2.05) is 12.1 Å². The highest BCUT2D eigenvalue weighted by Gasteiger charge is 2.12. The van der Waals surface area contributed by atoms with Gasteiger partial charge in [0.05, 0.1) is 6.61 Å². The fraction of sp³-hybridized carbons (Fsp3) is 0.231. The molecule has 3 aromatic rings. The highest BCUT2D eigenvalue weighted by Crippen LogP contribution is 2.31. The van der Waals surface area contributed by atoms with Gasteiger partial charge in [0.25, 0.3) is 0 Å². The molecule has 0 saturated heterocycles. The number of methoxy groups -OCH3 is 1. The van der Waals surface area contributed by atoms with Crippen LogP contribution in [0.15, 0.2) is 84.4 Å².